The predicted octanol–water partition coefficient (Wildman–Crippen LogP) is 5.68. The number of amides is 3. The fraction of sp³-hybridized carbons (Fsp3) is 0.559. The van der Waals surface area contributed by atoms with Gasteiger partial charge in [0.2, 0.25) is 18.2 Å². The fourth-order valence-electron chi connectivity index (χ4n) is 5.09. The van der Waals surface area contributed by atoms with E-state index < -0.39 is 6.04 Å². The van der Waals surface area contributed by atoms with Gasteiger partial charge in [-0.1, -0.05) is 71.4 Å². The van der Waals surface area contributed by atoms with Gasteiger partial charge in [0.05, 0.1) is 19.2 Å². The molecule has 3 atom stereocenters. The number of ether oxygens (including phenoxy) is 1. The lowest BCUT2D eigenvalue weighted by Crippen LogP contribution is -2.57. The van der Waals surface area contributed by atoms with Crippen molar-refractivity contribution in [1.29, 1.82) is 0 Å². The van der Waals surface area contributed by atoms with Crippen LogP contribution in [0.3, 0.4) is 0 Å². The maximum absolute atomic E-state index is 13.2. The van der Waals surface area contributed by atoms with Crippen LogP contribution < -0.4 is 20.7 Å². The maximum Gasteiger partial charge on any atom is 0.246 e. The van der Waals surface area contributed by atoms with Crippen LogP contribution in [0.15, 0.2) is 42.5 Å². The summed E-state index contributed by atoms with van der Waals surface area (Å²) >= 11 is 0. The van der Waals surface area contributed by atoms with E-state index in [9.17, 15) is 14.4 Å². The van der Waals surface area contributed by atoms with E-state index >= 15 is 0 Å². The van der Waals surface area contributed by atoms with Crippen LogP contribution in [0.25, 0.3) is 0 Å². The number of nitrogens with zero attached hydrogens (tertiary/aromatic N) is 1. The average molecular weight is 587 g/mol. The molecule has 0 spiro atoms. The molecule has 0 fully saturated rings. The SMILES string of the molecule is CCC.CN[C@@H](C)C(=O)N[C@H](C(=O)N1CCc2ccc(OC)cc2C1)C(C)(C)C.O=CNC1CCCc2ccccc21.[HH].[HH].[HH]. The molecule has 0 saturated carbocycles. The zero-order valence-corrected chi connectivity index (χ0v) is 26.9. The summed E-state index contributed by atoms with van der Waals surface area (Å²) in [5.41, 5.74) is 4.64. The van der Waals surface area contributed by atoms with E-state index in [2.05, 4.69) is 54.1 Å². The largest absolute Gasteiger partial charge is 0.497 e. The molecule has 238 valence electrons. The van der Waals surface area contributed by atoms with Crippen LogP contribution in [0.1, 0.15) is 93.4 Å². The van der Waals surface area contributed by atoms with Gasteiger partial charge < -0.3 is 25.6 Å². The molecule has 3 N–H and O–H groups in total. The van der Waals surface area contributed by atoms with Crippen molar-refractivity contribution in [1.82, 2.24) is 20.9 Å². The van der Waals surface area contributed by atoms with Crippen molar-refractivity contribution in [3.63, 3.8) is 0 Å². The van der Waals surface area contributed by atoms with E-state index in [1.807, 2.05) is 43.9 Å². The van der Waals surface area contributed by atoms with Gasteiger partial charge >= 0.3 is 0 Å². The van der Waals surface area contributed by atoms with Crippen molar-refractivity contribution in [2.24, 2.45) is 5.41 Å². The number of hydrogen-bond acceptors (Lipinski definition) is 5. The van der Waals surface area contributed by atoms with Crippen molar-refractivity contribution in [3.05, 3.63) is 64.7 Å². The standard InChI is InChI=1S/C20H31N3O3.C11H13NO.C3H8.3H2/c1-13(21-5)18(24)22-17(20(2,3)4)19(25)23-10-9-14-7-8-16(26-6)11-15(14)12-23;13-8-12-11-7-3-5-9-4-1-2-6-10(9)11;1-3-2;;;/h7-8,11,13,17,21H,9-10,12H2,1-6H3,(H,22,24);1-2,4,6,8,11H,3,5,7H2,(H,12,13);3H2,1-2H3;3*1H/t13-,17+;;;;;/m0...../s1. The van der Waals surface area contributed by atoms with Gasteiger partial charge in [0.1, 0.15) is 11.8 Å². The monoisotopic (exact) mass is 586 g/mol. The van der Waals surface area contributed by atoms with E-state index in [1.54, 1.807) is 21.1 Å². The molecule has 1 aliphatic carbocycles. The normalized spacial score (nSPS) is 17.0. The van der Waals surface area contributed by atoms with Crippen LogP contribution in [-0.4, -0.2) is 55.9 Å². The van der Waals surface area contributed by atoms with Crippen molar-refractivity contribution in [2.45, 2.75) is 98.3 Å². The number of nitrogens with one attached hydrogen (secondary N) is 3. The molecule has 42 heavy (non-hydrogen) atoms. The lowest BCUT2D eigenvalue weighted by molar-refractivity contribution is -0.140. The maximum atomic E-state index is 13.2. The summed E-state index contributed by atoms with van der Waals surface area (Å²) in [5.74, 6) is 0.587. The molecule has 2 aliphatic rings. The molecular weight excluding hydrogens is 528 g/mol. The van der Waals surface area contributed by atoms with Crippen molar-refractivity contribution in [3.8, 4) is 5.75 Å². The highest BCUT2D eigenvalue weighted by atomic mass is 16.5. The first-order valence-electron chi connectivity index (χ1n) is 15.2. The molecule has 0 aromatic heterocycles. The Kier molecular flexibility index (Phi) is 14.0. The molecule has 1 aliphatic heterocycles. The molecule has 8 heteroatoms. The van der Waals surface area contributed by atoms with Crippen molar-refractivity contribution >= 4 is 18.2 Å². The summed E-state index contributed by atoms with van der Waals surface area (Å²) in [6, 6.07) is 13.7. The third kappa shape index (κ3) is 9.86. The molecule has 0 bridgehead atoms. The zero-order valence-electron chi connectivity index (χ0n) is 26.9. The Morgan fingerprint density at radius 1 is 1.10 bits per heavy atom. The molecule has 0 radical (unpaired) electrons. The van der Waals surface area contributed by atoms with Crippen LogP contribution in [0.2, 0.25) is 0 Å². The molecule has 8 nitrogen and oxygen atoms in total. The van der Waals surface area contributed by atoms with Gasteiger partial charge in [0.15, 0.2) is 0 Å². The van der Waals surface area contributed by atoms with Crippen LogP contribution in [0, 0.1) is 5.41 Å². The predicted molar refractivity (Wildman–Crippen MR) is 176 cm³/mol. The number of carbonyl (C=O) groups excluding carboxylic acids is 3. The van der Waals surface area contributed by atoms with E-state index in [0.717, 1.165) is 37.0 Å². The molecule has 0 saturated heterocycles. The molecule has 3 amide bonds. The van der Waals surface area contributed by atoms with E-state index in [-0.39, 0.29) is 33.6 Å². The third-order valence-electron chi connectivity index (χ3n) is 7.60. The minimum absolute atomic E-state index is 0. The second kappa shape index (κ2) is 16.9. The smallest absolute Gasteiger partial charge is 0.246 e. The van der Waals surface area contributed by atoms with Gasteiger partial charge in [-0.3, -0.25) is 14.4 Å². The fourth-order valence-corrected chi connectivity index (χ4v) is 5.09. The van der Waals surface area contributed by atoms with Gasteiger partial charge in [0, 0.05) is 17.4 Å². The quantitative estimate of drug-likeness (QED) is 0.363. The Hall–Kier alpha value is -3.39. The third-order valence-corrected chi connectivity index (χ3v) is 7.60. The highest BCUT2D eigenvalue weighted by molar-refractivity contribution is 5.90. The summed E-state index contributed by atoms with van der Waals surface area (Å²) in [6.07, 6.45) is 6.24. The molecular formula is C34H58N4O4. The number of benzene rings is 2. The Morgan fingerprint density at radius 3 is 2.40 bits per heavy atom. The summed E-state index contributed by atoms with van der Waals surface area (Å²) in [7, 11) is 3.37. The first-order valence-corrected chi connectivity index (χ1v) is 15.2. The number of hydrogen-bond donors (Lipinski definition) is 3. The second-order valence-corrected chi connectivity index (χ2v) is 12.1. The highest BCUT2D eigenvalue weighted by Crippen LogP contribution is 2.29. The van der Waals surface area contributed by atoms with Crippen LogP contribution >= 0.6 is 0 Å². The number of rotatable bonds is 7. The Bertz CT molecular complexity index is 1180. The zero-order chi connectivity index (χ0) is 31.3. The van der Waals surface area contributed by atoms with Crippen molar-refractivity contribution < 1.29 is 23.4 Å². The Morgan fingerprint density at radius 2 is 1.79 bits per heavy atom. The molecule has 1 unspecified atom stereocenters. The summed E-state index contributed by atoms with van der Waals surface area (Å²) in [5, 5.41) is 8.71. The van der Waals surface area contributed by atoms with Crippen LogP contribution in [0.4, 0.5) is 0 Å². The number of carbonyl (C=O) groups is 3. The van der Waals surface area contributed by atoms with Gasteiger partial charge in [-0.2, -0.15) is 0 Å². The van der Waals surface area contributed by atoms with Gasteiger partial charge in [-0.15, -0.1) is 0 Å². The van der Waals surface area contributed by atoms with E-state index in [1.165, 1.54) is 29.5 Å². The first-order chi connectivity index (χ1) is 20.0. The Balaban J connectivity index is 0. The molecule has 2 aromatic rings. The number of aryl methyl sites for hydroxylation is 1. The molecule has 4 rings (SSSR count). The topological polar surface area (TPSA) is 99.8 Å². The summed E-state index contributed by atoms with van der Waals surface area (Å²) in [6.45, 7) is 13.1. The molecule has 1 heterocycles. The highest BCUT2D eigenvalue weighted by Gasteiger charge is 2.37. The second-order valence-electron chi connectivity index (χ2n) is 12.1. The Labute approximate surface area is 257 Å². The van der Waals surface area contributed by atoms with Gasteiger partial charge in [0.25, 0.3) is 0 Å². The lowest BCUT2D eigenvalue weighted by atomic mass is 9.85. The van der Waals surface area contributed by atoms with E-state index in [4.69, 9.17) is 4.74 Å². The first kappa shape index (κ1) is 34.8. The van der Waals surface area contributed by atoms with Gasteiger partial charge in [-0.25, -0.2) is 0 Å². The number of methoxy groups -OCH3 is 1. The van der Waals surface area contributed by atoms with Crippen molar-refractivity contribution in [2.75, 3.05) is 20.7 Å². The van der Waals surface area contributed by atoms with Crippen LogP contribution in [0.5, 0.6) is 5.75 Å². The van der Waals surface area contributed by atoms with Crippen LogP contribution in [-0.2, 0) is 33.8 Å². The molecule has 2 aromatic carbocycles. The summed E-state index contributed by atoms with van der Waals surface area (Å²) < 4.78 is 5.30. The number of fused-ring (bicyclic) bond motifs is 2. The lowest BCUT2D eigenvalue weighted by Gasteiger charge is -2.37. The summed E-state index contributed by atoms with van der Waals surface area (Å²) in [4.78, 5) is 37.8. The average Bonchev–Trinajstić information content (AvgIpc) is 2.99. The minimum atomic E-state index is -0.571. The van der Waals surface area contributed by atoms with Gasteiger partial charge in [-0.05, 0) is 79.5 Å². The minimum Gasteiger partial charge on any atom is -0.497 e. The number of likely N-dealkylation sites (N-methyl/N-ethyl adjacent to an activating group) is 1. The van der Waals surface area contributed by atoms with E-state index in [0.29, 0.717) is 13.1 Å².